The van der Waals surface area contributed by atoms with Gasteiger partial charge < -0.3 is 9.47 Å². The van der Waals surface area contributed by atoms with Crippen molar-refractivity contribution in [3.63, 3.8) is 0 Å². The van der Waals surface area contributed by atoms with Crippen LogP contribution in [0.3, 0.4) is 0 Å². The number of hydrogen-bond acceptors (Lipinski definition) is 5. The van der Waals surface area contributed by atoms with Crippen molar-refractivity contribution in [3.8, 4) is 11.5 Å². The van der Waals surface area contributed by atoms with Gasteiger partial charge in [0.05, 0.1) is 4.92 Å². The van der Waals surface area contributed by atoms with Crippen molar-refractivity contribution in [3.05, 3.63) is 76.8 Å². The van der Waals surface area contributed by atoms with Gasteiger partial charge in [-0.15, -0.1) is 0 Å². The summed E-state index contributed by atoms with van der Waals surface area (Å²) >= 11 is 0. The van der Waals surface area contributed by atoms with Gasteiger partial charge in [0.25, 0.3) is 5.69 Å². The summed E-state index contributed by atoms with van der Waals surface area (Å²) in [5.74, 6) is 0.234. The van der Waals surface area contributed by atoms with E-state index in [-0.39, 0.29) is 18.0 Å². The van der Waals surface area contributed by atoms with Crippen LogP contribution in [-0.4, -0.2) is 17.5 Å². The first kappa shape index (κ1) is 15.5. The monoisotopic (exact) mass is 323 g/mol. The highest BCUT2D eigenvalue weighted by atomic mass is 16.6. The van der Waals surface area contributed by atoms with Gasteiger partial charge in [0, 0.05) is 17.5 Å². The number of ether oxygens (including phenoxy) is 2. The molecule has 0 heterocycles. The lowest BCUT2D eigenvalue weighted by atomic mass is 10.1. The highest BCUT2D eigenvalue weighted by Crippen LogP contribution is 2.25. The average Bonchev–Trinajstić information content (AvgIpc) is 2.60. The van der Waals surface area contributed by atoms with Crippen LogP contribution in [-0.2, 0) is 4.79 Å². The molecule has 0 bridgehead atoms. The maximum Gasteiger partial charge on any atom is 0.349 e. The highest BCUT2D eigenvalue weighted by molar-refractivity contribution is 5.88. The number of benzene rings is 3. The summed E-state index contributed by atoms with van der Waals surface area (Å²) in [6.45, 7) is -0.259. The van der Waals surface area contributed by atoms with E-state index in [9.17, 15) is 14.9 Å². The second kappa shape index (κ2) is 6.78. The molecule has 3 rings (SSSR count). The minimum atomic E-state index is -0.586. The Morgan fingerprint density at radius 1 is 0.958 bits per heavy atom. The fourth-order valence-corrected chi connectivity index (χ4v) is 2.26. The van der Waals surface area contributed by atoms with Gasteiger partial charge in [0.2, 0.25) is 0 Å². The number of rotatable bonds is 5. The van der Waals surface area contributed by atoms with Crippen LogP contribution in [0.2, 0.25) is 0 Å². The lowest BCUT2D eigenvalue weighted by Crippen LogP contribution is -2.17. The molecule has 120 valence electrons. The number of nitro groups is 1. The molecule has 6 heteroatoms. The van der Waals surface area contributed by atoms with E-state index in [1.54, 1.807) is 6.07 Å². The molecule has 0 atom stereocenters. The number of nitrogens with zero attached hydrogens (tertiary/aromatic N) is 1. The summed E-state index contributed by atoms with van der Waals surface area (Å²) in [7, 11) is 0. The zero-order valence-corrected chi connectivity index (χ0v) is 12.5. The number of hydrogen-bond donors (Lipinski definition) is 0. The van der Waals surface area contributed by atoms with Gasteiger partial charge in [-0.05, 0) is 23.6 Å². The molecule has 3 aromatic carbocycles. The Bertz CT molecular complexity index is 884. The normalized spacial score (nSPS) is 10.3. The van der Waals surface area contributed by atoms with Crippen molar-refractivity contribution in [2.24, 2.45) is 0 Å². The van der Waals surface area contributed by atoms with Crippen molar-refractivity contribution in [2.75, 3.05) is 6.61 Å². The largest absolute Gasteiger partial charge is 0.481 e. The summed E-state index contributed by atoms with van der Waals surface area (Å²) < 4.78 is 10.6. The Kier molecular flexibility index (Phi) is 4.38. The predicted molar refractivity (Wildman–Crippen MR) is 88.2 cm³/mol. The maximum absolute atomic E-state index is 11.9. The van der Waals surface area contributed by atoms with Gasteiger partial charge in [-0.2, -0.15) is 0 Å². The van der Waals surface area contributed by atoms with Crippen LogP contribution >= 0.6 is 0 Å². The Balaban J connectivity index is 1.64. The number of carbonyl (C=O) groups excluding carboxylic acids is 1. The standard InChI is InChI=1S/C18H13NO5/c20-18(24-15-10-8-14(9-11-15)19(21)22)12-23-17-7-3-5-13-4-1-2-6-16(13)17/h1-11H,12H2. The molecular weight excluding hydrogens is 310 g/mol. The van der Waals surface area contributed by atoms with Crippen LogP contribution in [0.15, 0.2) is 66.7 Å². The van der Waals surface area contributed by atoms with Gasteiger partial charge in [-0.3, -0.25) is 10.1 Å². The van der Waals surface area contributed by atoms with Crippen LogP contribution < -0.4 is 9.47 Å². The van der Waals surface area contributed by atoms with Gasteiger partial charge in [0.1, 0.15) is 11.5 Å². The van der Waals surface area contributed by atoms with E-state index in [2.05, 4.69) is 0 Å². The van der Waals surface area contributed by atoms with E-state index in [1.165, 1.54) is 24.3 Å². The van der Waals surface area contributed by atoms with Crippen molar-refractivity contribution < 1.29 is 19.2 Å². The third kappa shape index (κ3) is 3.49. The molecule has 0 spiro atoms. The summed E-state index contributed by atoms with van der Waals surface area (Å²) in [4.78, 5) is 21.9. The minimum Gasteiger partial charge on any atom is -0.481 e. The van der Waals surface area contributed by atoms with Crippen LogP contribution in [0, 0.1) is 10.1 Å². The molecule has 0 amide bonds. The van der Waals surface area contributed by atoms with E-state index >= 15 is 0 Å². The first-order valence-electron chi connectivity index (χ1n) is 7.19. The molecule has 0 fully saturated rings. The highest BCUT2D eigenvalue weighted by Gasteiger charge is 2.10. The Hall–Kier alpha value is -3.41. The molecule has 0 unspecified atom stereocenters. The number of carbonyl (C=O) groups is 1. The summed E-state index contributed by atoms with van der Waals surface area (Å²) in [6.07, 6.45) is 0. The fraction of sp³-hybridized carbons (Fsp3) is 0.0556. The molecular formula is C18H13NO5. The van der Waals surface area contributed by atoms with Crippen LogP contribution in [0.25, 0.3) is 10.8 Å². The smallest absolute Gasteiger partial charge is 0.349 e. The fourth-order valence-electron chi connectivity index (χ4n) is 2.26. The quantitative estimate of drug-likeness (QED) is 0.309. The molecule has 3 aromatic rings. The molecule has 0 aromatic heterocycles. The molecule has 24 heavy (non-hydrogen) atoms. The number of non-ortho nitro benzene ring substituents is 1. The number of fused-ring (bicyclic) bond motifs is 1. The van der Waals surface area contributed by atoms with Crippen molar-refractivity contribution >= 4 is 22.4 Å². The summed E-state index contributed by atoms with van der Waals surface area (Å²) in [6, 6.07) is 18.5. The maximum atomic E-state index is 11.9. The molecule has 0 aliphatic carbocycles. The van der Waals surface area contributed by atoms with E-state index in [1.807, 2.05) is 36.4 Å². The molecule has 0 N–H and O–H groups in total. The van der Waals surface area contributed by atoms with Crippen LogP contribution in [0.1, 0.15) is 0 Å². The molecule has 0 aliphatic heterocycles. The molecule has 0 radical (unpaired) electrons. The lowest BCUT2D eigenvalue weighted by molar-refractivity contribution is -0.384. The van der Waals surface area contributed by atoms with E-state index < -0.39 is 10.9 Å². The first-order valence-corrected chi connectivity index (χ1v) is 7.19. The van der Waals surface area contributed by atoms with Crippen molar-refractivity contribution in [2.45, 2.75) is 0 Å². The first-order chi connectivity index (χ1) is 11.6. The zero-order chi connectivity index (χ0) is 16.9. The lowest BCUT2D eigenvalue weighted by Gasteiger charge is -2.09. The van der Waals surface area contributed by atoms with Crippen molar-refractivity contribution in [1.29, 1.82) is 0 Å². The summed E-state index contributed by atoms with van der Waals surface area (Å²) in [5.41, 5.74) is -0.0678. The SMILES string of the molecule is O=C(COc1cccc2ccccc12)Oc1ccc([N+](=O)[O-])cc1. The van der Waals surface area contributed by atoms with E-state index in [0.717, 1.165) is 10.8 Å². The van der Waals surface area contributed by atoms with Crippen molar-refractivity contribution in [1.82, 2.24) is 0 Å². The topological polar surface area (TPSA) is 78.7 Å². The number of nitro benzene ring substituents is 1. The third-order valence-electron chi connectivity index (χ3n) is 3.37. The van der Waals surface area contributed by atoms with Crippen LogP contribution in [0.5, 0.6) is 11.5 Å². The minimum absolute atomic E-state index is 0.0678. The molecule has 6 nitrogen and oxygen atoms in total. The second-order valence-electron chi connectivity index (χ2n) is 4.99. The van der Waals surface area contributed by atoms with Gasteiger partial charge >= 0.3 is 5.97 Å². The zero-order valence-electron chi connectivity index (χ0n) is 12.5. The van der Waals surface area contributed by atoms with Gasteiger partial charge in [-0.1, -0.05) is 36.4 Å². The van der Waals surface area contributed by atoms with Gasteiger partial charge in [0.15, 0.2) is 6.61 Å². The molecule has 0 saturated carbocycles. The average molecular weight is 323 g/mol. The van der Waals surface area contributed by atoms with Gasteiger partial charge in [-0.25, -0.2) is 4.79 Å². The Morgan fingerprint density at radius 3 is 2.42 bits per heavy atom. The summed E-state index contributed by atoms with van der Waals surface area (Å²) in [5, 5.41) is 12.5. The Labute approximate surface area is 137 Å². The van der Waals surface area contributed by atoms with E-state index in [4.69, 9.17) is 9.47 Å². The Morgan fingerprint density at radius 2 is 1.67 bits per heavy atom. The second-order valence-corrected chi connectivity index (χ2v) is 4.99. The van der Waals surface area contributed by atoms with Crippen LogP contribution in [0.4, 0.5) is 5.69 Å². The third-order valence-corrected chi connectivity index (χ3v) is 3.37. The molecule has 0 aliphatic rings. The predicted octanol–water partition coefficient (Wildman–Crippen LogP) is 3.73. The van der Waals surface area contributed by atoms with E-state index in [0.29, 0.717) is 5.75 Å². The number of esters is 1. The molecule has 0 saturated heterocycles.